The number of primary amides is 1. The first-order chi connectivity index (χ1) is 6.56. The van der Waals surface area contributed by atoms with E-state index in [1.807, 2.05) is 0 Å². The lowest BCUT2D eigenvalue weighted by Crippen LogP contribution is -2.12. The van der Waals surface area contributed by atoms with E-state index < -0.39 is 11.9 Å². The number of carbonyl (C=O) groups excluding carboxylic acids is 1. The Balaban J connectivity index is 3.27. The quantitative estimate of drug-likeness (QED) is 0.734. The van der Waals surface area contributed by atoms with Gasteiger partial charge in [-0.2, -0.15) is 0 Å². The van der Waals surface area contributed by atoms with Gasteiger partial charge in [0.05, 0.1) is 7.11 Å². The van der Waals surface area contributed by atoms with E-state index in [0.717, 1.165) is 0 Å². The molecule has 0 aliphatic carbocycles. The van der Waals surface area contributed by atoms with Gasteiger partial charge in [0.1, 0.15) is 11.3 Å². The van der Waals surface area contributed by atoms with Crippen molar-refractivity contribution in [2.45, 2.75) is 0 Å². The Labute approximate surface area is 80.1 Å². The second-order valence-corrected chi connectivity index (χ2v) is 2.58. The SMILES string of the molecule is COc1ccc(C(N)=O)cc1C(=O)O. The van der Waals surface area contributed by atoms with Crippen molar-refractivity contribution in [1.29, 1.82) is 0 Å². The predicted molar refractivity (Wildman–Crippen MR) is 48.5 cm³/mol. The molecule has 0 bridgehead atoms. The molecule has 0 atom stereocenters. The maximum Gasteiger partial charge on any atom is 0.339 e. The van der Waals surface area contributed by atoms with E-state index in [-0.39, 0.29) is 16.9 Å². The van der Waals surface area contributed by atoms with Crippen molar-refractivity contribution in [3.63, 3.8) is 0 Å². The molecule has 0 fully saturated rings. The molecule has 5 heteroatoms. The van der Waals surface area contributed by atoms with Crippen molar-refractivity contribution < 1.29 is 19.4 Å². The van der Waals surface area contributed by atoms with Gasteiger partial charge in [0.2, 0.25) is 5.91 Å². The van der Waals surface area contributed by atoms with Gasteiger partial charge in [-0.1, -0.05) is 0 Å². The normalized spacial score (nSPS) is 9.50. The molecule has 1 rings (SSSR count). The van der Waals surface area contributed by atoms with Crippen molar-refractivity contribution in [1.82, 2.24) is 0 Å². The lowest BCUT2D eigenvalue weighted by atomic mass is 10.1. The van der Waals surface area contributed by atoms with Crippen molar-refractivity contribution in [3.8, 4) is 5.75 Å². The molecule has 14 heavy (non-hydrogen) atoms. The van der Waals surface area contributed by atoms with Crippen molar-refractivity contribution in [2.24, 2.45) is 5.73 Å². The number of hydrogen-bond acceptors (Lipinski definition) is 3. The highest BCUT2D eigenvalue weighted by molar-refractivity contribution is 5.98. The van der Waals surface area contributed by atoms with Crippen molar-refractivity contribution >= 4 is 11.9 Å². The standard InChI is InChI=1S/C9H9NO4/c1-14-7-3-2-5(8(10)11)4-6(7)9(12)13/h2-4H,1H3,(H2,10,11)(H,12,13). The second-order valence-electron chi connectivity index (χ2n) is 2.58. The minimum Gasteiger partial charge on any atom is -0.496 e. The van der Waals surface area contributed by atoms with Crippen LogP contribution in [-0.4, -0.2) is 24.1 Å². The Hall–Kier alpha value is -2.04. The summed E-state index contributed by atoms with van der Waals surface area (Å²) in [6.45, 7) is 0. The van der Waals surface area contributed by atoms with Crippen LogP contribution in [0.1, 0.15) is 20.7 Å². The summed E-state index contributed by atoms with van der Waals surface area (Å²) in [6, 6.07) is 3.99. The number of carboxylic acid groups (broad SMARTS) is 1. The molecular weight excluding hydrogens is 186 g/mol. The van der Waals surface area contributed by atoms with E-state index in [0.29, 0.717) is 0 Å². The molecular formula is C9H9NO4. The van der Waals surface area contributed by atoms with E-state index in [9.17, 15) is 9.59 Å². The fraction of sp³-hybridized carbons (Fsp3) is 0.111. The third-order valence-electron chi connectivity index (χ3n) is 1.71. The highest BCUT2D eigenvalue weighted by atomic mass is 16.5. The number of nitrogens with two attached hydrogens (primary N) is 1. The fourth-order valence-electron chi connectivity index (χ4n) is 1.03. The number of carbonyl (C=O) groups is 2. The average Bonchev–Trinajstić information content (AvgIpc) is 2.16. The first-order valence-corrected chi connectivity index (χ1v) is 3.77. The lowest BCUT2D eigenvalue weighted by molar-refractivity contribution is 0.0693. The van der Waals surface area contributed by atoms with E-state index >= 15 is 0 Å². The third kappa shape index (κ3) is 1.82. The fourth-order valence-corrected chi connectivity index (χ4v) is 1.03. The Morgan fingerprint density at radius 2 is 2.07 bits per heavy atom. The molecule has 0 aliphatic heterocycles. The smallest absolute Gasteiger partial charge is 0.339 e. The summed E-state index contributed by atoms with van der Waals surface area (Å²) in [5.74, 6) is -1.64. The molecule has 0 saturated carbocycles. The summed E-state index contributed by atoms with van der Waals surface area (Å²) in [7, 11) is 1.35. The van der Waals surface area contributed by atoms with Gasteiger partial charge >= 0.3 is 5.97 Å². The van der Waals surface area contributed by atoms with Crippen LogP contribution in [0, 0.1) is 0 Å². The van der Waals surface area contributed by atoms with Crippen LogP contribution in [-0.2, 0) is 0 Å². The Morgan fingerprint density at radius 3 is 2.50 bits per heavy atom. The van der Waals surface area contributed by atoms with Crippen LogP contribution in [0.5, 0.6) is 5.75 Å². The highest BCUT2D eigenvalue weighted by Gasteiger charge is 2.13. The van der Waals surface area contributed by atoms with Gasteiger partial charge in [-0.25, -0.2) is 4.79 Å². The minimum atomic E-state index is -1.16. The largest absolute Gasteiger partial charge is 0.496 e. The van der Waals surface area contributed by atoms with Gasteiger partial charge in [-0.05, 0) is 18.2 Å². The van der Waals surface area contributed by atoms with Crippen LogP contribution in [0.4, 0.5) is 0 Å². The second kappa shape index (κ2) is 3.78. The molecule has 1 aromatic carbocycles. The molecule has 3 N–H and O–H groups in total. The van der Waals surface area contributed by atoms with E-state index in [1.54, 1.807) is 0 Å². The van der Waals surface area contributed by atoms with Crippen molar-refractivity contribution in [2.75, 3.05) is 7.11 Å². The average molecular weight is 195 g/mol. The van der Waals surface area contributed by atoms with Crippen LogP contribution in [0.3, 0.4) is 0 Å². The van der Waals surface area contributed by atoms with Gasteiger partial charge in [0.15, 0.2) is 0 Å². The zero-order chi connectivity index (χ0) is 10.7. The summed E-state index contributed by atoms with van der Waals surface area (Å²) in [4.78, 5) is 21.5. The molecule has 0 unspecified atom stereocenters. The Kier molecular flexibility index (Phi) is 2.71. The number of methoxy groups -OCH3 is 1. The van der Waals surface area contributed by atoms with Gasteiger partial charge in [0, 0.05) is 5.56 Å². The zero-order valence-corrected chi connectivity index (χ0v) is 7.48. The molecule has 1 amide bonds. The maximum atomic E-state index is 10.8. The van der Waals surface area contributed by atoms with Gasteiger partial charge in [-0.15, -0.1) is 0 Å². The maximum absolute atomic E-state index is 10.8. The molecule has 1 aromatic rings. The predicted octanol–water partition coefficient (Wildman–Crippen LogP) is 0.492. The van der Waals surface area contributed by atoms with Crippen LogP contribution < -0.4 is 10.5 Å². The summed E-state index contributed by atoms with van der Waals surface area (Å²) in [5, 5.41) is 8.77. The lowest BCUT2D eigenvalue weighted by Gasteiger charge is -2.05. The summed E-state index contributed by atoms with van der Waals surface area (Å²) in [5.41, 5.74) is 5.06. The summed E-state index contributed by atoms with van der Waals surface area (Å²) < 4.78 is 4.81. The van der Waals surface area contributed by atoms with E-state index in [4.69, 9.17) is 15.6 Å². The zero-order valence-electron chi connectivity index (χ0n) is 7.48. The molecule has 0 saturated heterocycles. The summed E-state index contributed by atoms with van der Waals surface area (Å²) in [6.07, 6.45) is 0. The number of amides is 1. The molecule has 0 aliphatic rings. The number of ether oxygens (including phenoxy) is 1. The first-order valence-electron chi connectivity index (χ1n) is 3.77. The number of rotatable bonds is 3. The molecule has 0 radical (unpaired) electrons. The van der Waals surface area contributed by atoms with Crippen LogP contribution in [0.2, 0.25) is 0 Å². The molecule has 74 valence electrons. The monoisotopic (exact) mass is 195 g/mol. The van der Waals surface area contributed by atoms with Crippen LogP contribution >= 0.6 is 0 Å². The van der Waals surface area contributed by atoms with Gasteiger partial charge in [0.25, 0.3) is 0 Å². The number of benzene rings is 1. The van der Waals surface area contributed by atoms with Gasteiger partial charge < -0.3 is 15.6 Å². The number of aromatic carboxylic acids is 1. The molecule has 0 spiro atoms. The highest BCUT2D eigenvalue weighted by Crippen LogP contribution is 2.19. The van der Waals surface area contributed by atoms with Crippen LogP contribution in [0.25, 0.3) is 0 Å². The number of carboxylic acids is 1. The molecule has 5 nitrogen and oxygen atoms in total. The number of hydrogen-bond donors (Lipinski definition) is 2. The first kappa shape index (κ1) is 10.0. The topological polar surface area (TPSA) is 89.6 Å². The molecule has 0 aromatic heterocycles. The van der Waals surface area contributed by atoms with Crippen LogP contribution in [0.15, 0.2) is 18.2 Å². The van der Waals surface area contributed by atoms with Gasteiger partial charge in [-0.3, -0.25) is 4.79 Å². The Morgan fingerprint density at radius 1 is 1.43 bits per heavy atom. The minimum absolute atomic E-state index is 0.0798. The Bertz CT molecular complexity index is 386. The van der Waals surface area contributed by atoms with Crippen molar-refractivity contribution in [3.05, 3.63) is 29.3 Å². The van der Waals surface area contributed by atoms with E-state index in [1.165, 1.54) is 25.3 Å². The third-order valence-corrected chi connectivity index (χ3v) is 1.71. The van der Waals surface area contributed by atoms with E-state index in [2.05, 4.69) is 0 Å². The summed E-state index contributed by atoms with van der Waals surface area (Å²) >= 11 is 0. The molecule has 0 heterocycles.